The second-order valence-electron chi connectivity index (χ2n) is 5.47. The Morgan fingerprint density at radius 3 is 2.52 bits per heavy atom. The zero-order valence-electron chi connectivity index (χ0n) is 14.9. The molecule has 0 heterocycles. The van der Waals surface area contributed by atoms with Gasteiger partial charge in [0.1, 0.15) is 17.4 Å². The maximum atomic E-state index is 12.0. The molecule has 0 atom stereocenters. The van der Waals surface area contributed by atoms with Gasteiger partial charge in [-0.1, -0.05) is 24.3 Å². The molecule has 0 saturated carbocycles. The van der Waals surface area contributed by atoms with Crippen molar-refractivity contribution in [1.29, 1.82) is 5.26 Å². The average molecular weight is 366 g/mol. The fourth-order valence-electron chi connectivity index (χ4n) is 2.19. The summed E-state index contributed by atoms with van der Waals surface area (Å²) in [6.07, 6.45) is 1.32. The van der Waals surface area contributed by atoms with E-state index in [4.69, 9.17) is 25.2 Å². The number of nitrogens with zero attached hydrogens (tertiary/aromatic N) is 1. The molecule has 138 valence electrons. The van der Waals surface area contributed by atoms with Gasteiger partial charge in [-0.05, 0) is 42.3 Å². The Hall–Kier alpha value is -3.79. The number of nitrogens with two attached hydrogens (primary N) is 1. The number of primary amides is 1. The number of benzene rings is 2. The van der Waals surface area contributed by atoms with Crippen molar-refractivity contribution in [1.82, 2.24) is 0 Å². The van der Waals surface area contributed by atoms with Gasteiger partial charge in [-0.15, -0.1) is 0 Å². The Balaban J connectivity index is 2.10. The van der Waals surface area contributed by atoms with E-state index in [0.29, 0.717) is 11.3 Å². The van der Waals surface area contributed by atoms with E-state index in [1.54, 1.807) is 18.2 Å². The lowest BCUT2D eigenvalue weighted by molar-refractivity contribution is -0.136. The van der Waals surface area contributed by atoms with Crippen molar-refractivity contribution in [2.24, 2.45) is 5.73 Å². The molecule has 0 bridgehead atoms. The molecule has 2 N–H and O–H groups in total. The summed E-state index contributed by atoms with van der Waals surface area (Å²) in [7, 11) is 1.41. The monoisotopic (exact) mass is 366 g/mol. The van der Waals surface area contributed by atoms with Crippen molar-refractivity contribution < 1.29 is 23.8 Å². The molecule has 0 aliphatic rings. The number of ether oxygens (including phenoxy) is 3. The van der Waals surface area contributed by atoms with Crippen LogP contribution in [0.4, 0.5) is 0 Å². The van der Waals surface area contributed by atoms with Crippen LogP contribution < -0.4 is 19.9 Å². The molecule has 7 nitrogen and oxygen atoms in total. The number of nitriles is 1. The van der Waals surface area contributed by atoms with Gasteiger partial charge in [0, 0.05) is 0 Å². The van der Waals surface area contributed by atoms with Crippen LogP contribution in [-0.4, -0.2) is 25.6 Å². The number of aryl methyl sites for hydroxylation is 1. The van der Waals surface area contributed by atoms with Crippen LogP contribution in [0.15, 0.2) is 48.0 Å². The van der Waals surface area contributed by atoms with Gasteiger partial charge in [0.25, 0.3) is 5.91 Å². The zero-order valence-corrected chi connectivity index (χ0v) is 14.9. The lowest BCUT2D eigenvalue weighted by Crippen LogP contribution is -2.18. The maximum Gasteiger partial charge on any atom is 0.349 e. The van der Waals surface area contributed by atoms with Gasteiger partial charge in [0.15, 0.2) is 18.1 Å². The molecule has 2 aromatic carbocycles. The largest absolute Gasteiger partial charge is 0.493 e. The molecule has 0 unspecified atom stereocenters. The standard InChI is InChI=1S/C20H18N2O5/c1-13-5-3-4-6-16(13)26-12-19(23)27-17-8-7-14(10-18(17)25-2)9-15(11-21)20(22)24/h3-10H,12H2,1-2H3,(H2,22,24)/b15-9+. The van der Waals surface area contributed by atoms with E-state index in [-0.39, 0.29) is 23.7 Å². The Morgan fingerprint density at radius 2 is 1.89 bits per heavy atom. The third-order valence-electron chi connectivity index (χ3n) is 3.55. The van der Waals surface area contributed by atoms with E-state index >= 15 is 0 Å². The number of amides is 1. The second kappa shape index (κ2) is 9.06. The molecule has 0 radical (unpaired) electrons. The lowest BCUT2D eigenvalue weighted by Gasteiger charge is -2.11. The summed E-state index contributed by atoms with van der Waals surface area (Å²) in [6.45, 7) is 1.60. The Bertz CT molecular complexity index is 928. The Labute approximate surface area is 156 Å². The quantitative estimate of drug-likeness (QED) is 0.348. The molecule has 1 amide bonds. The van der Waals surface area contributed by atoms with Crippen molar-refractivity contribution >= 4 is 18.0 Å². The van der Waals surface area contributed by atoms with E-state index in [1.807, 2.05) is 25.1 Å². The first-order valence-electron chi connectivity index (χ1n) is 7.93. The predicted octanol–water partition coefficient (Wildman–Crippen LogP) is 2.38. The number of carbonyl (C=O) groups excluding carboxylic acids is 2. The van der Waals surface area contributed by atoms with Crippen LogP contribution >= 0.6 is 0 Å². The Kier molecular flexibility index (Phi) is 6.55. The number of hydrogen-bond acceptors (Lipinski definition) is 6. The molecule has 27 heavy (non-hydrogen) atoms. The number of esters is 1. The van der Waals surface area contributed by atoms with E-state index in [1.165, 1.54) is 25.3 Å². The molecule has 7 heteroatoms. The molecule has 0 saturated heterocycles. The minimum Gasteiger partial charge on any atom is -0.493 e. The first kappa shape index (κ1) is 19.5. The van der Waals surface area contributed by atoms with E-state index in [9.17, 15) is 9.59 Å². The zero-order chi connectivity index (χ0) is 19.8. The summed E-state index contributed by atoms with van der Waals surface area (Å²) in [5.41, 5.74) is 6.31. The van der Waals surface area contributed by atoms with Gasteiger partial charge in [0.2, 0.25) is 0 Å². The normalized spacial score (nSPS) is 10.6. The number of methoxy groups -OCH3 is 1. The van der Waals surface area contributed by atoms with Crippen molar-refractivity contribution in [3.05, 3.63) is 59.2 Å². The van der Waals surface area contributed by atoms with Gasteiger partial charge in [-0.2, -0.15) is 5.26 Å². The summed E-state index contributed by atoms with van der Waals surface area (Å²) in [5, 5.41) is 8.90. The first-order valence-corrected chi connectivity index (χ1v) is 7.93. The first-order chi connectivity index (χ1) is 12.9. The highest BCUT2D eigenvalue weighted by Gasteiger charge is 2.13. The smallest absolute Gasteiger partial charge is 0.349 e. The number of para-hydroxylation sites is 1. The maximum absolute atomic E-state index is 12.0. The van der Waals surface area contributed by atoms with Crippen LogP contribution in [0.25, 0.3) is 6.08 Å². The predicted molar refractivity (Wildman–Crippen MR) is 98.1 cm³/mol. The van der Waals surface area contributed by atoms with Crippen LogP contribution in [0.3, 0.4) is 0 Å². The molecule has 0 aliphatic heterocycles. The summed E-state index contributed by atoms with van der Waals surface area (Å²) in [5.74, 6) is -0.396. The summed E-state index contributed by atoms with van der Waals surface area (Å²) < 4.78 is 15.9. The molecular weight excluding hydrogens is 348 g/mol. The van der Waals surface area contributed by atoms with Gasteiger partial charge in [0.05, 0.1) is 7.11 Å². The molecule has 0 aliphatic carbocycles. The van der Waals surface area contributed by atoms with Crippen molar-refractivity contribution in [2.45, 2.75) is 6.92 Å². The van der Waals surface area contributed by atoms with Gasteiger partial charge in [-0.3, -0.25) is 4.79 Å². The van der Waals surface area contributed by atoms with Gasteiger partial charge >= 0.3 is 5.97 Å². The summed E-state index contributed by atoms with van der Waals surface area (Å²) in [4.78, 5) is 23.2. The lowest BCUT2D eigenvalue weighted by atomic mass is 10.1. The van der Waals surface area contributed by atoms with E-state index in [2.05, 4.69) is 0 Å². The highest BCUT2D eigenvalue weighted by molar-refractivity contribution is 6.00. The van der Waals surface area contributed by atoms with Crippen LogP contribution in [-0.2, 0) is 9.59 Å². The SMILES string of the molecule is COc1cc(/C=C(\C#N)C(N)=O)ccc1OC(=O)COc1ccccc1C. The molecule has 0 fully saturated rings. The third-order valence-corrected chi connectivity index (χ3v) is 3.55. The molecular formula is C20H18N2O5. The molecule has 0 aromatic heterocycles. The van der Waals surface area contributed by atoms with Crippen LogP contribution in [0.2, 0.25) is 0 Å². The van der Waals surface area contributed by atoms with Crippen LogP contribution in [0, 0.1) is 18.3 Å². The van der Waals surface area contributed by atoms with Crippen molar-refractivity contribution in [3.8, 4) is 23.3 Å². The second-order valence-corrected chi connectivity index (χ2v) is 5.47. The molecule has 2 aromatic rings. The summed E-state index contributed by atoms with van der Waals surface area (Å²) >= 11 is 0. The molecule has 0 spiro atoms. The number of rotatable bonds is 7. The molecule has 2 rings (SSSR count). The number of carbonyl (C=O) groups is 2. The van der Waals surface area contributed by atoms with E-state index < -0.39 is 11.9 Å². The Morgan fingerprint density at radius 1 is 1.15 bits per heavy atom. The number of hydrogen-bond donors (Lipinski definition) is 1. The van der Waals surface area contributed by atoms with Crippen molar-refractivity contribution in [2.75, 3.05) is 13.7 Å². The van der Waals surface area contributed by atoms with Gasteiger partial charge < -0.3 is 19.9 Å². The highest BCUT2D eigenvalue weighted by Crippen LogP contribution is 2.29. The van der Waals surface area contributed by atoms with E-state index in [0.717, 1.165) is 5.56 Å². The summed E-state index contributed by atoms with van der Waals surface area (Å²) in [6, 6.07) is 13.6. The minimum absolute atomic E-state index is 0.186. The van der Waals surface area contributed by atoms with Crippen LogP contribution in [0.1, 0.15) is 11.1 Å². The minimum atomic E-state index is -0.833. The average Bonchev–Trinajstić information content (AvgIpc) is 2.66. The fraction of sp³-hybridized carbons (Fsp3) is 0.150. The highest BCUT2D eigenvalue weighted by atomic mass is 16.6. The van der Waals surface area contributed by atoms with Crippen LogP contribution in [0.5, 0.6) is 17.2 Å². The van der Waals surface area contributed by atoms with Crippen molar-refractivity contribution in [3.63, 3.8) is 0 Å². The topological polar surface area (TPSA) is 112 Å². The fourth-order valence-corrected chi connectivity index (χ4v) is 2.19. The van der Waals surface area contributed by atoms with Gasteiger partial charge in [-0.25, -0.2) is 4.79 Å². The third kappa shape index (κ3) is 5.34.